The molecule has 1 amide bonds. The molecule has 104 valence electrons. The third-order valence-electron chi connectivity index (χ3n) is 4.58. The first-order chi connectivity index (χ1) is 8.52. The van der Waals surface area contributed by atoms with Gasteiger partial charge in [-0.25, -0.2) is 0 Å². The molecular formula is C15H28N2O. The van der Waals surface area contributed by atoms with E-state index in [1.807, 2.05) is 11.8 Å². The minimum Gasteiger partial charge on any atom is -0.339 e. The maximum atomic E-state index is 12.3. The average Bonchev–Trinajstić information content (AvgIpc) is 2.33. The van der Waals surface area contributed by atoms with Crippen LogP contribution in [0.3, 0.4) is 0 Å². The lowest BCUT2D eigenvalue weighted by Crippen LogP contribution is -2.67. The van der Waals surface area contributed by atoms with Crippen molar-refractivity contribution in [2.24, 2.45) is 17.6 Å². The van der Waals surface area contributed by atoms with Crippen molar-refractivity contribution in [3.63, 3.8) is 0 Å². The highest BCUT2D eigenvalue weighted by atomic mass is 16.2. The maximum Gasteiger partial charge on any atom is 0.225 e. The Morgan fingerprint density at radius 2 is 1.89 bits per heavy atom. The summed E-state index contributed by atoms with van der Waals surface area (Å²) in [6, 6.07) is 0. The van der Waals surface area contributed by atoms with Crippen molar-refractivity contribution in [1.82, 2.24) is 4.90 Å². The number of unbranched alkanes of at least 4 members (excludes halogenated alkanes) is 1. The van der Waals surface area contributed by atoms with Gasteiger partial charge in [-0.15, -0.1) is 0 Å². The van der Waals surface area contributed by atoms with E-state index in [0.717, 1.165) is 31.8 Å². The van der Waals surface area contributed by atoms with Gasteiger partial charge in [0.25, 0.3) is 0 Å². The molecule has 1 aliphatic heterocycles. The number of nitrogens with zero attached hydrogens (tertiary/aromatic N) is 1. The van der Waals surface area contributed by atoms with Crippen LogP contribution in [-0.4, -0.2) is 29.4 Å². The van der Waals surface area contributed by atoms with Crippen LogP contribution in [0.2, 0.25) is 0 Å². The van der Waals surface area contributed by atoms with Crippen LogP contribution in [0.1, 0.15) is 58.8 Å². The van der Waals surface area contributed by atoms with Crippen molar-refractivity contribution in [2.45, 2.75) is 64.3 Å². The van der Waals surface area contributed by atoms with Gasteiger partial charge < -0.3 is 10.6 Å². The smallest absolute Gasteiger partial charge is 0.225 e. The predicted octanol–water partition coefficient (Wildman–Crippen LogP) is 2.54. The number of likely N-dealkylation sites (tertiary alicyclic amines) is 1. The Labute approximate surface area is 111 Å². The summed E-state index contributed by atoms with van der Waals surface area (Å²) in [5.41, 5.74) is 5.83. The van der Waals surface area contributed by atoms with Gasteiger partial charge in [0.05, 0.1) is 0 Å². The lowest BCUT2D eigenvalue weighted by atomic mass is 9.78. The molecule has 0 unspecified atom stereocenters. The Balaban J connectivity index is 1.71. The quantitative estimate of drug-likeness (QED) is 0.835. The molecule has 1 saturated heterocycles. The molecule has 0 atom stereocenters. The zero-order valence-electron chi connectivity index (χ0n) is 12.0. The van der Waals surface area contributed by atoms with Crippen LogP contribution in [0.15, 0.2) is 0 Å². The van der Waals surface area contributed by atoms with Gasteiger partial charge in [-0.3, -0.25) is 4.79 Å². The van der Waals surface area contributed by atoms with E-state index in [-0.39, 0.29) is 5.54 Å². The number of amides is 1. The summed E-state index contributed by atoms with van der Waals surface area (Å²) in [5.74, 6) is 1.54. The highest BCUT2D eigenvalue weighted by Crippen LogP contribution is 2.34. The van der Waals surface area contributed by atoms with E-state index in [0.29, 0.717) is 11.8 Å². The lowest BCUT2D eigenvalue weighted by Gasteiger charge is -2.47. The zero-order chi connectivity index (χ0) is 13.2. The van der Waals surface area contributed by atoms with Crippen LogP contribution in [0.5, 0.6) is 0 Å². The van der Waals surface area contributed by atoms with Crippen LogP contribution in [0, 0.1) is 11.8 Å². The normalized spacial score (nSPS) is 30.9. The van der Waals surface area contributed by atoms with Crippen LogP contribution in [0.25, 0.3) is 0 Å². The van der Waals surface area contributed by atoms with E-state index < -0.39 is 0 Å². The van der Waals surface area contributed by atoms with Crippen molar-refractivity contribution >= 4 is 5.91 Å². The Morgan fingerprint density at radius 1 is 1.28 bits per heavy atom. The molecule has 2 rings (SSSR count). The molecular weight excluding hydrogens is 224 g/mol. The fourth-order valence-electron chi connectivity index (χ4n) is 3.43. The third-order valence-corrected chi connectivity index (χ3v) is 4.58. The van der Waals surface area contributed by atoms with Crippen LogP contribution in [0.4, 0.5) is 0 Å². The first-order valence-electron chi connectivity index (χ1n) is 7.59. The van der Waals surface area contributed by atoms with Gasteiger partial charge in [0.15, 0.2) is 0 Å². The van der Waals surface area contributed by atoms with Gasteiger partial charge in [-0.1, -0.05) is 26.2 Å². The van der Waals surface area contributed by atoms with E-state index in [1.165, 1.54) is 32.1 Å². The molecule has 18 heavy (non-hydrogen) atoms. The number of carbonyl (C=O) groups excluding carboxylic acids is 1. The Bertz CT molecular complexity index is 285. The summed E-state index contributed by atoms with van der Waals surface area (Å²) in [7, 11) is 0. The molecule has 2 N–H and O–H groups in total. The number of hydrogen-bond acceptors (Lipinski definition) is 2. The van der Waals surface area contributed by atoms with Crippen LogP contribution < -0.4 is 5.73 Å². The molecule has 0 bridgehead atoms. The van der Waals surface area contributed by atoms with Crippen molar-refractivity contribution in [3.8, 4) is 0 Å². The zero-order valence-corrected chi connectivity index (χ0v) is 12.0. The first-order valence-corrected chi connectivity index (χ1v) is 7.59. The van der Waals surface area contributed by atoms with Crippen molar-refractivity contribution < 1.29 is 4.79 Å². The van der Waals surface area contributed by atoms with E-state index in [1.54, 1.807) is 0 Å². The van der Waals surface area contributed by atoms with Gasteiger partial charge in [0.2, 0.25) is 5.91 Å². The monoisotopic (exact) mass is 252 g/mol. The molecule has 2 aliphatic rings. The lowest BCUT2D eigenvalue weighted by molar-refractivity contribution is -0.144. The SMILES string of the molecule is CCCCC1CCC(C(=O)N2CC(C)(N)C2)CC1. The van der Waals surface area contributed by atoms with E-state index in [9.17, 15) is 4.79 Å². The minimum atomic E-state index is -0.131. The number of hydrogen-bond donors (Lipinski definition) is 1. The topological polar surface area (TPSA) is 46.3 Å². The molecule has 0 aromatic carbocycles. The Hall–Kier alpha value is -0.570. The molecule has 0 radical (unpaired) electrons. The first kappa shape index (κ1) is 13.9. The summed E-state index contributed by atoms with van der Waals surface area (Å²) in [6.07, 6.45) is 8.72. The standard InChI is InChI=1S/C15H28N2O/c1-3-4-5-12-6-8-13(9-7-12)14(18)17-10-15(2,16)11-17/h12-13H,3-11,16H2,1-2H3. The van der Waals surface area contributed by atoms with Crippen molar-refractivity contribution in [1.29, 1.82) is 0 Å². The van der Waals surface area contributed by atoms with Gasteiger partial charge in [-0.05, 0) is 38.5 Å². The second-order valence-electron chi connectivity index (χ2n) is 6.71. The summed E-state index contributed by atoms with van der Waals surface area (Å²) >= 11 is 0. The summed E-state index contributed by atoms with van der Waals surface area (Å²) in [5, 5.41) is 0. The molecule has 0 spiro atoms. The van der Waals surface area contributed by atoms with E-state index in [2.05, 4.69) is 6.92 Å². The second-order valence-corrected chi connectivity index (χ2v) is 6.71. The van der Waals surface area contributed by atoms with Gasteiger partial charge in [0, 0.05) is 24.5 Å². The Kier molecular flexibility index (Phi) is 4.31. The van der Waals surface area contributed by atoms with Gasteiger partial charge in [0.1, 0.15) is 0 Å². The molecule has 0 aromatic rings. The number of nitrogens with two attached hydrogens (primary N) is 1. The molecule has 1 aliphatic carbocycles. The molecule has 3 nitrogen and oxygen atoms in total. The fraction of sp³-hybridized carbons (Fsp3) is 0.933. The molecule has 1 heterocycles. The molecule has 3 heteroatoms. The van der Waals surface area contributed by atoms with Gasteiger partial charge >= 0.3 is 0 Å². The van der Waals surface area contributed by atoms with Crippen molar-refractivity contribution in [2.75, 3.05) is 13.1 Å². The molecule has 2 fully saturated rings. The molecule has 0 aromatic heterocycles. The number of rotatable bonds is 4. The van der Waals surface area contributed by atoms with E-state index in [4.69, 9.17) is 5.73 Å². The van der Waals surface area contributed by atoms with Crippen molar-refractivity contribution in [3.05, 3.63) is 0 Å². The largest absolute Gasteiger partial charge is 0.339 e. The predicted molar refractivity (Wildman–Crippen MR) is 74.1 cm³/mol. The van der Waals surface area contributed by atoms with Crippen LogP contribution in [-0.2, 0) is 4.79 Å². The average molecular weight is 252 g/mol. The van der Waals surface area contributed by atoms with Crippen LogP contribution >= 0.6 is 0 Å². The highest BCUT2D eigenvalue weighted by molar-refractivity contribution is 5.80. The third kappa shape index (κ3) is 3.25. The number of carbonyl (C=O) groups is 1. The fourth-order valence-corrected chi connectivity index (χ4v) is 3.43. The van der Waals surface area contributed by atoms with Gasteiger partial charge in [-0.2, -0.15) is 0 Å². The highest BCUT2D eigenvalue weighted by Gasteiger charge is 2.40. The maximum absolute atomic E-state index is 12.3. The summed E-state index contributed by atoms with van der Waals surface area (Å²) in [6.45, 7) is 5.78. The summed E-state index contributed by atoms with van der Waals surface area (Å²) < 4.78 is 0. The summed E-state index contributed by atoms with van der Waals surface area (Å²) in [4.78, 5) is 14.2. The van der Waals surface area contributed by atoms with E-state index >= 15 is 0 Å². The molecule has 1 saturated carbocycles. The minimum absolute atomic E-state index is 0.131. The second kappa shape index (κ2) is 5.60. The Morgan fingerprint density at radius 3 is 2.39 bits per heavy atom.